The summed E-state index contributed by atoms with van der Waals surface area (Å²) in [6.07, 6.45) is 2.41. The van der Waals surface area contributed by atoms with E-state index in [1.807, 2.05) is 30.5 Å². The Hall–Kier alpha value is -2.27. The van der Waals surface area contributed by atoms with Gasteiger partial charge in [0.15, 0.2) is 0 Å². The summed E-state index contributed by atoms with van der Waals surface area (Å²) in [6.45, 7) is 0.227. The van der Waals surface area contributed by atoms with Crippen molar-refractivity contribution >= 4 is 63.1 Å². The van der Waals surface area contributed by atoms with E-state index in [0.29, 0.717) is 17.0 Å². The molecule has 2 heterocycles. The van der Waals surface area contributed by atoms with Crippen LogP contribution in [-0.4, -0.2) is 28.2 Å². The third kappa shape index (κ3) is 3.14. The second kappa shape index (κ2) is 7.04. The number of aromatic amines is 1. The fourth-order valence-corrected chi connectivity index (χ4v) is 4.03. The smallest absolute Gasteiger partial charge is 0.273 e. The van der Waals surface area contributed by atoms with E-state index in [0.717, 1.165) is 21.4 Å². The lowest BCUT2D eigenvalue weighted by atomic mass is 10.1. The van der Waals surface area contributed by atoms with E-state index in [2.05, 4.69) is 4.98 Å². The molecule has 1 aromatic heterocycles. The zero-order valence-corrected chi connectivity index (χ0v) is 16.2. The monoisotopic (exact) mass is 418 g/mol. The van der Waals surface area contributed by atoms with Crippen LogP contribution in [0.3, 0.4) is 0 Å². The topological polar surface area (TPSA) is 53.2 Å². The molecule has 4 nitrogen and oxygen atoms in total. The molecule has 2 aromatic carbocycles. The second-order valence-corrected chi connectivity index (χ2v) is 7.41. The number of carbonyl (C=O) groups excluding carboxylic acids is 2. The largest absolute Gasteiger partial charge is 0.361 e. The van der Waals surface area contributed by atoms with Gasteiger partial charge >= 0.3 is 0 Å². The molecule has 2 amide bonds. The maximum Gasteiger partial charge on any atom is 0.273 e. The lowest BCUT2D eigenvalue weighted by Crippen LogP contribution is -2.33. The Kier molecular flexibility index (Phi) is 4.72. The van der Waals surface area contributed by atoms with Gasteiger partial charge < -0.3 is 4.98 Å². The first-order valence-corrected chi connectivity index (χ1v) is 9.37. The number of amides is 2. The molecule has 1 aliphatic heterocycles. The molecule has 136 valence electrons. The number of halogens is 3. The summed E-state index contributed by atoms with van der Waals surface area (Å²) in [5.41, 5.74) is 2.55. The first kappa shape index (κ1) is 18.1. The number of hydrogen-bond donors (Lipinski definition) is 1. The van der Waals surface area contributed by atoms with Crippen LogP contribution in [0, 0.1) is 0 Å². The summed E-state index contributed by atoms with van der Waals surface area (Å²) in [5.74, 6) is -0.961. The normalized spacial score (nSPS) is 14.7. The van der Waals surface area contributed by atoms with Crippen molar-refractivity contribution in [2.45, 2.75) is 6.42 Å². The lowest BCUT2D eigenvalue weighted by Gasteiger charge is -2.14. The fraction of sp³-hybridized carbons (Fsp3) is 0.100. The van der Waals surface area contributed by atoms with E-state index >= 15 is 0 Å². The molecular formula is C20H13Cl3N2O2. The van der Waals surface area contributed by atoms with Gasteiger partial charge in [0.1, 0.15) is 5.03 Å². The summed E-state index contributed by atoms with van der Waals surface area (Å²) in [4.78, 5) is 29.7. The molecule has 0 bridgehead atoms. The highest BCUT2D eigenvalue weighted by Crippen LogP contribution is 2.36. The molecule has 0 saturated heterocycles. The number of nitrogens with one attached hydrogen (secondary N) is 1. The first-order valence-electron chi connectivity index (χ1n) is 8.23. The minimum atomic E-state index is -0.512. The van der Waals surface area contributed by atoms with Crippen molar-refractivity contribution in [3.05, 3.63) is 74.9 Å². The van der Waals surface area contributed by atoms with Gasteiger partial charge in [0.2, 0.25) is 0 Å². The molecule has 4 rings (SSSR count). The quantitative estimate of drug-likeness (QED) is 0.603. The van der Waals surface area contributed by atoms with Gasteiger partial charge in [-0.3, -0.25) is 14.5 Å². The van der Waals surface area contributed by atoms with E-state index in [-0.39, 0.29) is 22.2 Å². The first-order chi connectivity index (χ1) is 13.0. The number of fused-ring (bicyclic) bond motifs is 1. The molecule has 0 atom stereocenters. The van der Waals surface area contributed by atoms with Crippen molar-refractivity contribution in [2.24, 2.45) is 0 Å². The fourth-order valence-electron chi connectivity index (χ4n) is 3.25. The third-order valence-corrected chi connectivity index (χ3v) is 5.49. The van der Waals surface area contributed by atoms with Crippen LogP contribution in [-0.2, 0) is 16.0 Å². The van der Waals surface area contributed by atoms with Crippen LogP contribution in [0.4, 0.5) is 0 Å². The van der Waals surface area contributed by atoms with E-state index in [1.54, 1.807) is 12.1 Å². The van der Waals surface area contributed by atoms with Crippen LogP contribution in [0.1, 0.15) is 11.1 Å². The molecule has 27 heavy (non-hydrogen) atoms. The van der Waals surface area contributed by atoms with Crippen molar-refractivity contribution in [2.75, 3.05) is 6.54 Å². The zero-order valence-electron chi connectivity index (χ0n) is 13.9. The van der Waals surface area contributed by atoms with Gasteiger partial charge in [-0.1, -0.05) is 59.1 Å². The Bertz CT molecular complexity index is 1120. The maximum absolute atomic E-state index is 12.9. The van der Waals surface area contributed by atoms with Crippen molar-refractivity contribution < 1.29 is 9.59 Å². The van der Waals surface area contributed by atoms with Crippen LogP contribution >= 0.6 is 34.8 Å². The molecule has 0 unspecified atom stereocenters. The molecule has 0 aliphatic carbocycles. The summed E-state index contributed by atoms with van der Waals surface area (Å²) >= 11 is 18.3. The van der Waals surface area contributed by atoms with Gasteiger partial charge in [-0.05, 0) is 30.2 Å². The van der Waals surface area contributed by atoms with Gasteiger partial charge in [-0.2, -0.15) is 0 Å². The predicted molar refractivity (Wildman–Crippen MR) is 108 cm³/mol. The van der Waals surface area contributed by atoms with Gasteiger partial charge in [-0.25, -0.2) is 0 Å². The number of para-hydroxylation sites is 1. The molecule has 0 saturated carbocycles. The van der Waals surface area contributed by atoms with Gasteiger partial charge in [0, 0.05) is 34.2 Å². The lowest BCUT2D eigenvalue weighted by molar-refractivity contribution is -0.136. The number of carbonyl (C=O) groups is 2. The summed E-state index contributed by atoms with van der Waals surface area (Å²) in [5, 5.41) is 1.66. The Balaban J connectivity index is 1.59. The highest BCUT2D eigenvalue weighted by atomic mass is 35.5. The minimum Gasteiger partial charge on any atom is -0.361 e. The van der Waals surface area contributed by atoms with Crippen molar-refractivity contribution in [3.63, 3.8) is 0 Å². The molecular weight excluding hydrogens is 407 g/mol. The van der Waals surface area contributed by atoms with Crippen molar-refractivity contribution in [3.8, 4) is 0 Å². The summed E-state index contributed by atoms with van der Waals surface area (Å²) in [6, 6.07) is 12.6. The number of imide groups is 1. The molecule has 1 aliphatic rings. The zero-order chi connectivity index (χ0) is 19.1. The molecule has 1 N–H and O–H groups in total. The van der Waals surface area contributed by atoms with Crippen molar-refractivity contribution in [1.29, 1.82) is 0 Å². The van der Waals surface area contributed by atoms with E-state index in [1.165, 1.54) is 6.07 Å². The van der Waals surface area contributed by atoms with Gasteiger partial charge in [-0.15, -0.1) is 0 Å². The third-order valence-electron chi connectivity index (χ3n) is 4.59. The second-order valence-electron chi connectivity index (χ2n) is 6.18. The molecule has 3 aromatic rings. The standard InChI is InChI=1S/C20H13Cl3N2O2/c21-12-5-6-14(15(22)9-12)17-18(23)20(27)25(19(17)26)8-7-11-10-24-16-4-2-1-3-13(11)16/h1-6,9-10,24H,7-8H2. The summed E-state index contributed by atoms with van der Waals surface area (Å²) < 4.78 is 0. The Morgan fingerprint density at radius 1 is 0.963 bits per heavy atom. The van der Waals surface area contributed by atoms with E-state index in [4.69, 9.17) is 34.8 Å². The molecule has 7 heteroatoms. The van der Waals surface area contributed by atoms with Crippen LogP contribution in [0.25, 0.3) is 16.5 Å². The van der Waals surface area contributed by atoms with E-state index < -0.39 is 11.8 Å². The Morgan fingerprint density at radius 2 is 1.74 bits per heavy atom. The number of hydrogen-bond acceptors (Lipinski definition) is 2. The van der Waals surface area contributed by atoms with Gasteiger partial charge in [0.05, 0.1) is 10.6 Å². The molecule has 0 spiro atoms. The van der Waals surface area contributed by atoms with Crippen LogP contribution in [0.15, 0.2) is 53.7 Å². The minimum absolute atomic E-state index is 0.113. The number of nitrogens with zero attached hydrogens (tertiary/aromatic N) is 1. The predicted octanol–water partition coefficient (Wildman–Crippen LogP) is 5.04. The van der Waals surface area contributed by atoms with Gasteiger partial charge in [0.25, 0.3) is 11.8 Å². The highest BCUT2D eigenvalue weighted by Gasteiger charge is 2.38. The maximum atomic E-state index is 12.9. The highest BCUT2D eigenvalue weighted by molar-refractivity contribution is 6.55. The number of H-pyrrole nitrogens is 1. The Labute approximate surface area is 170 Å². The average molecular weight is 420 g/mol. The van der Waals surface area contributed by atoms with Crippen LogP contribution in [0.5, 0.6) is 0 Å². The van der Waals surface area contributed by atoms with Crippen molar-refractivity contribution in [1.82, 2.24) is 9.88 Å². The Morgan fingerprint density at radius 3 is 2.52 bits per heavy atom. The number of rotatable bonds is 4. The van der Waals surface area contributed by atoms with Crippen LogP contribution in [0.2, 0.25) is 10.0 Å². The number of benzene rings is 2. The molecule has 0 radical (unpaired) electrons. The summed E-state index contributed by atoms with van der Waals surface area (Å²) in [7, 11) is 0. The number of aromatic nitrogens is 1. The molecule has 0 fully saturated rings. The van der Waals surface area contributed by atoms with E-state index in [9.17, 15) is 9.59 Å². The SMILES string of the molecule is O=C1C(Cl)=C(c2ccc(Cl)cc2Cl)C(=O)N1CCc1c[nH]c2ccccc12. The average Bonchev–Trinajstić information content (AvgIpc) is 3.14. The van der Waals surface area contributed by atoms with Crippen LogP contribution < -0.4 is 0 Å².